The van der Waals surface area contributed by atoms with Crippen molar-refractivity contribution in [3.05, 3.63) is 0 Å². The molecule has 1 unspecified atom stereocenters. The fourth-order valence-electron chi connectivity index (χ4n) is 10.7. The van der Waals surface area contributed by atoms with Crippen LogP contribution in [-0.4, -0.2) is 37.2 Å². The first-order valence-electron chi connectivity index (χ1n) is 34.0. The van der Waals surface area contributed by atoms with Gasteiger partial charge in [-0.25, -0.2) is 0 Å². The molecule has 0 aliphatic rings. The smallest absolute Gasteiger partial charge is 0.306 e. The van der Waals surface area contributed by atoms with E-state index in [2.05, 4.69) is 20.8 Å². The topological polar surface area (TPSA) is 78.9 Å². The van der Waals surface area contributed by atoms with Gasteiger partial charge in [0.15, 0.2) is 6.10 Å². The third-order valence-corrected chi connectivity index (χ3v) is 15.9. The fraction of sp³-hybridized carbons (Fsp3) is 0.956. The summed E-state index contributed by atoms with van der Waals surface area (Å²) in [4.78, 5) is 38.3. The van der Waals surface area contributed by atoms with Crippen LogP contribution < -0.4 is 0 Å². The molecular formula is C68H132O6. The van der Waals surface area contributed by atoms with E-state index >= 15 is 0 Å². The highest BCUT2D eigenvalue weighted by atomic mass is 16.6. The number of rotatable bonds is 64. The summed E-state index contributed by atoms with van der Waals surface area (Å²) >= 11 is 0. The van der Waals surface area contributed by atoms with Crippen molar-refractivity contribution in [1.82, 2.24) is 0 Å². The zero-order chi connectivity index (χ0) is 53.6. The zero-order valence-corrected chi connectivity index (χ0v) is 50.7. The molecule has 0 aromatic heterocycles. The Kier molecular flexibility index (Phi) is 62.6. The fourth-order valence-corrected chi connectivity index (χ4v) is 10.7. The maximum atomic E-state index is 12.9. The van der Waals surface area contributed by atoms with Crippen LogP contribution in [-0.2, 0) is 28.6 Å². The highest BCUT2D eigenvalue weighted by Crippen LogP contribution is 2.19. The lowest BCUT2D eigenvalue weighted by molar-refractivity contribution is -0.167. The van der Waals surface area contributed by atoms with Gasteiger partial charge in [0, 0.05) is 19.3 Å². The van der Waals surface area contributed by atoms with Crippen molar-refractivity contribution in [1.29, 1.82) is 0 Å². The summed E-state index contributed by atoms with van der Waals surface area (Å²) in [5.41, 5.74) is 0. The SMILES string of the molecule is CCCCCCCCCCCCCCCCCCCCCCCCCCCCC(=O)OCC(COC(=O)CCCCCCCCCCCCCCCC)OC(=O)CCCCCCCCCCCCCCCCCC. The molecule has 0 bridgehead atoms. The maximum absolute atomic E-state index is 12.9. The molecular weight excluding hydrogens is 913 g/mol. The van der Waals surface area contributed by atoms with Crippen molar-refractivity contribution in [2.24, 2.45) is 0 Å². The molecule has 0 N–H and O–H groups in total. The molecule has 0 aromatic rings. The van der Waals surface area contributed by atoms with Gasteiger partial charge in [-0.05, 0) is 19.3 Å². The summed E-state index contributed by atoms with van der Waals surface area (Å²) in [7, 11) is 0. The number of unbranched alkanes of at least 4 members (excludes halogenated alkanes) is 53. The van der Waals surface area contributed by atoms with Crippen LogP contribution in [0.1, 0.15) is 400 Å². The second kappa shape index (κ2) is 63.9. The molecule has 0 aliphatic heterocycles. The van der Waals surface area contributed by atoms with E-state index < -0.39 is 6.10 Å². The molecule has 0 amide bonds. The summed E-state index contributed by atoms with van der Waals surface area (Å²) in [5, 5.41) is 0. The molecule has 6 nitrogen and oxygen atoms in total. The molecule has 74 heavy (non-hydrogen) atoms. The van der Waals surface area contributed by atoms with E-state index in [9.17, 15) is 14.4 Å². The average Bonchev–Trinajstić information content (AvgIpc) is 3.40. The third-order valence-electron chi connectivity index (χ3n) is 15.9. The highest BCUT2D eigenvalue weighted by Gasteiger charge is 2.19. The number of hydrogen-bond acceptors (Lipinski definition) is 6. The van der Waals surface area contributed by atoms with Crippen LogP contribution in [0.5, 0.6) is 0 Å². The first-order chi connectivity index (χ1) is 36.5. The van der Waals surface area contributed by atoms with Crippen molar-refractivity contribution < 1.29 is 28.6 Å². The Morgan fingerprint density at radius 2 is 0.365 bits per heavy atom. The lowest BCUT2D eigenvalue weighted by atomic mass is 10.0. The molecule has 0 radical (unpaired) electrons. The predicted octanol–water partition coefficient (Wildman–Crippen LogP) is 23.1. The molecule has 0 aliphatic carbocycles. The lowest BCUT2D eigenvalue weighted by Gasteiger charge is -2.18. The maximum Gasteiger partial charge on any atom is 0.306 e. The van der Waals surface area contributed by atoms with E-state index in [-0.39, 0.29) is 31.1 Å². The van der Waals surface area contributed by atoms with Crippen molar-refractivity contribution in [3.63, 3.8) is 0 Å². The second-order valence-electron chi connectivity index (χ2n) is 23.5. The van der Waals surface area contributed by atoms with Crippen LogP contribution in [0, 0.1) is 0 Å². The van der Waals surface area contributed by atoms with Gasteiger partial charge in [0.25, 0.3) is 0 Å². The first kappa shape index (κ1) is 72.4. The predicted molar refractivity (Wildman–Crippen MR) is 321 cm³/mol. The third kappa shape index (κ3) is 61.3. The number of ether oxygens (including phenoxy) is 3. The van der Waals surface area contributed by atoms with Gasteiger partial charge in [0.1, 0.15) is 13.2 Å². The number of hydrogen-bond donors (Lipinski definition) is 0. The minimum atomic E-state index is -0.762. The summed E-state index contributed by atoms with van der Waals surface area (Å²) in [6.07, 6.45) is 74.1. The Bertz CT molecular complexity index is 1110. The van der Waals surface area contributed by atoms with Gasteiger partial charge in [0.2, 0.25) is 0 Å². The van der Waals surface area contributed by atoms with Crippen LogP contribution in [0.3, 0.4) is 0 Å². The highest BCUT2D eigenvalue weighted by molar-refractivity contribution is 5.71. The zero-order valence-electron chi connectivity index (χ0n) is 50.7. The van der Waals surface area contributed by atoms with Gasteiger partial charge in [-0.15, -0.1) is 0 Å². The van der Waals surface area contributed by atoms with Crippen LogP contribution in [0.15, 0.2) is 0 Å². The van der Waals surface area contributed by atoms with Gasteiger partial charge < -0.3 is 14.2 Å². The summed E-state index contributed by atoms with van der Waals surface area (Å²) in [6, 6.07) is 0. The van der Waals surface area contributed by atoms with Gasteiger partial charge in [-0.2, -0.15) is 0 Å². The summed E-state index contributed by atoms with van der Waals surface area (Å²) in [6.45, 7) is 6.73. The molecule has 0 heterocycles. The molecule has 6 heteroatoms. The summed E-state index contributed by atoms with van der Waals surface area (Å²) < 4.78 is 17.0. The summed E-state index contributed by atoms with van der Waals surface area (Å²) in [5.74, 6) is -0.823. The van der Waals surface area contributed by atoms with E-state index in [1.807, 2.05) is 0 Å². The van der Waals surface area contributed by atoms with Crippen LogP contribution in [0.25, 0.3) is 0 Å². The normalized spacial score (nSPS) is 11.9. The van der Waals surface area contributed by atoms with Crippen LogP contribution >= 0.6 is 0 Å². The average molecular weight is 1050 g/mol. The van der Waals surface area contributed by atoms with Gasteiger partial charge in [0.05, 0.1) is 0 Å². The molecule has 440 valence electrons. The Morgan fingerprint density at radius 3 is 0.541 bits per heavy atom. The van der Waals surface area contributed by atoms with Crippen molar-refractivity contribution in [2.75, 3.05) is 13.2 Å². The van der Waals surface area contributed by atoms with Crippen LogP contribution in [0.2, 0.25) is 0 Å². The Balaban J connectivity index is 4.17. The Morgan fingerprint density at radius 1 is 0.216 bits per heavy atom. The molecule has 0 saturated carbocycles. The Labute approximate surface area is 463 Å². The minimum absolute atomic E-state index is 0.0604. The van der Waals surface area contributed by atoms with E-state index in [0.29, 0.717) is 19.3 Å². The largest absolute Gasteiger partial charge is 0.462 e. The quantitative estimate of drug-likeness (QED) is 0.0343. The van der Waals surface area contributed by atoms with E-state index in [1.54, 1.807) is 0 Å². The standard InChI is InChI=1S/C68H132O6/c1-4-7-10-13-16-19-22-25-28-30-31-32-33-34-35-36-37-38-39-41-43-46-49-52-55-58-61-67(70)73-64-65(63-72-66(69)60-57-54-51-48-45-42-27-24-21-18-15-12-9-6-3)74-68(71)62-59-56-53-50-47-44-40-29-26-23-20-17-14-11-8-5-2/h65H,4-64H2,1-3H3. The van der Waals surface area contributed by atoms with Crippen LogP contribution in [0.4, 0.5) is 0 Å². The van der Waals surface area contributed by atoms with E-state index in [4.69, 9.17) is 14.2 Å². The monoisotopic (exact) mass is 1050 g/mol. The lowest BCUT2D eigenvalue weighted by Crippen LogP contribution is -2.30. The molecule has 0 rings (SSSR count). The van der Waals surface area contributed by atoms with Gasteiger partial charge >= 0.3 is 17.9 Å². The first-order valence-corrected chi connectivity index (χ1v) is 34.0. The van der Waals surface area contributed by atoms with Crippen molar-refractivity contribution in [2.45, 2.75) is 406 Å². The molecule has 0 fully saturated rings. The number of carbonyl (C=O) groups is 3. The molecule has 0 aromatic carbocycles. The molecule has 1 atom stereocenters. The van der Waals surface area contributed by atoms with Gasteiger partial charge in [-0.3, -0.25) is 14.4 Å². The van der Waals surface area contributed by atoms with E-state index in [1.165, 1.54) is 302 Å². The second-order valence-corrected chi connectivity index (χ2v) is 23.5. The number of esters is 3. The van der Waals surface area contributed by atoms with E-state index in [0.717, 1.165) is 57.8 Å². The van der Waals surface area contributed by atoms with Crippen molar-refractivity contribution >= 4 is 17.9 Å². The molecule has 0 saturated heterocycles. The molecule has 0 spiro atoms. The minimum Gasteiger partial charge on any atom is -0.462 e. The number of carbonyl (C=O) groups excluding carboxylic acids is 3. The van der Waals surface area contributed by atoms with Crippen molar-refractivity contribution in [3.8, 4) is 0 Å². The van der Waals surface area contributed by atoms with Gasteiger partial charge in [-0.1, -0.05) is 361 Å². The Hall–Kier alpha value is -1.59.